The third-order valence-electron chi connectivity index (χ3n) is 5.48. The maximum absolute atomic E-state index is 6.23. The Morgan fingerprint density at radius 1 is 1.00 bits per heavy atom. The van der Waals surface area contributed by atoms with E-state index < -0.39 is 0 Å². The van der Waals surface area contributed by atoms with Crippen LogP contribution >= 0.6 is 0 Å². The maximum atomic E-state index is 6.23. The average molecular weight is 261 g/mol. The molecular formula is C16H23NO2. The van der Waals surface area contributed by atoms with Gasteiger partial charge >= 0.3 is 0 Å². The molecule has 0 radical (unpaired) electrons. The molecule has 3 nitrogen and oxygen atoms in total. The number of hydrogen-bond donors (Lipinski definition) is 1. The monoisotopic (exact) mass is 261 g/mol. The first kappa shape index (κ1) is 12.0. The van der Waals surface area contributed by atoms with Gasteiger partial charge in [-0.1, -0.05) is 0 Å². The summed E-state index contributed by atoms with van der Waals surface area (Å²) in [5.41, 5.74) is 5.56. The van der Waals surface area contributed by atoms with E-state index in [2.05, 4.69) is 0 Å². The lowest BCUT2D eigenvalue weighted by Gasteiger charge is -2.53. The number of hydrogen-bond acceptors (Lipinski definition) is 3. The fraction of sp³-hybridized carbons (Fsp3) is 0.750. The van der Waals surface area contributed by atoms with Crippen LogP contribution in [-0.2, 0) is 17.9 Å². The van der Waals surface area contributed by atoms with Crippen molar-refractivity contribution >= 4 is 0 Å². The zero-order chi connectivity index (χ0) is 12.8. The van der Waals surface area contributed by atoms with Gasteiger partial charge in [0, 0.05) is 0 Å². The Hall–Kier alpha value is -0.800. The molecule has 1 heterocycles. The molecule has 0 unspecified atom stereocenters. The van der Waals surface area contributed by atoms with Crippen molar-refractivity contribution in [2.24, 2.45) is 29.4 Å². The van der Waals surface area contributed by atoms with E-state index in [1.165, 1.54) is 32.1 Å². The topological polar surface area (TPSA) is 48.4 Å². The van der Waals surface area contributed by atoms with Crippen LogP contribution in [0.3, 0.4) is 0 Å². The smallest absolute Gasteiger partial charge is 0.129 e. The van der Waals surface area contributed by atoms with E-state index in [9.17, 15) is 0 Å². The van der Waals surface area contributed by atoms with E-state index in [1.54, 1.807) is 0 Å². The van der Waals surface area contributed by atoms with Gasteiger partial charge in [0.05, 0.1) is 12.6 Å². The second-order valence-electron chi connectivity index (χ2n) is 6.78. The Balaban J connectivity index is 1.40. The SMILES string of the molecule is NCc1ccc(COC2C3CC4CC(C3)CC2C4)o1. The summed E-state index contributed by atoms with van der Waals surface area (Å²) in [6.45, 7) is 1.09. The molecule has 3 heteroatoms. The minimum atomic E-state index is 0.470. The van der Waals surface area contributed by atoms with E-state index >= 15 is 0 Å². The summed E-state index contributed by atoms with van der Waals surface area (Å²) in [4.78, 5) is 0. The second-order valence-corrected chi connectivity index (χ2v) is 6.78. The highest BCUT2D eigenvalue weighted by atomic mass is 16.5. The molecule has 4 aliphatic carbocycles. The zero-order valence-electron chi connectivity index (χ0n) is 11.4. The molecule has 4 saturated carbocycles. The summed E-state index contributed by atoms with van der Waals surface area (Å²) in [7, 11) is 0. The minimum Gasteiger partial charge on any atom is -0.462 e. The van der Waals surface area contributed by atoms with Crippen molar-refractivity contribution in [3.63, 3.8) is 0 Å². The van der Waals surface area contributed by atoms with Crippen LogP contribution in [0, 0.1) is 23.7 Å². The Kier molecular flexibility index (Phi) is 2.92. The average Bonchev–Trinajstić information content (AvgIpc) is 2.85. The Bertz CT molecular complexity index is 425. The first-order chi connectivity index (χ1) is 9.31. The van der Waals surface area contributed by atoms with Gasteiger partial charge in [-0.25, -0.2) is 0 Å². The zero-order valence-corrected chi connectivity index (χ0v) is 11.4. The molecule has 0 spiro atoms. The van der Waals surface area contributed by atoms with E-state index in [1.807, 2.05) is 12.1 Å². The van der Waals surface area contributed by atoms with Crippen LogP contribution in [0.5, 0.6) is 0 Å². The predicted octanol–water partition coefficient (Wildman–Crippen LogP) is 3.08. The summed E-state index contributed by atoms with van der Waals surface area (Å²) in [6, 6.07) is 3.95. The number of furan rings is 1. The van der Waals surface area contributed by atoms with Crippen molar-refractivity contribution in [1.82, 2.24) is 0 Å². The molecule has 1 aromatic rings. The molecule has 0 saturated heterocycles. The lowest BCUT2D eigenvalue weighted by molar-refractivity contribution is -0.134. The Morgan fingerprint density at radius 3 is 2.21 bits per heavy atom. The minimum absolute atomic E-state index is 0.470. The van der Waals surface area contributed by atoms with Gasteiger partial charge in [-0.15, -0.1) is 0 Å². The standard InChI is InChI=1S/C16H23NO2/c17-8-14-1-2-15(19-14)9-18-16-12-4-10-3-11(6-12)7-13(16)5-10/h1-2,10-13,16H,3-9,17H2. The van der Waals surface area contributed by atoms with Gasteiger partial charge in [0.1, 0.15) is 18.1 Å². The van der Waals surface area contributed by atoms with Crippen LogP contribution in [0.15, 0.2) is 16.5 Å². The Labute approximate surface area is 114 Å². The van der Waals surface area contributed by atoms with Gasteiger partial charge in [0.15, 0.2) is 0 Å². The van der Waals surface area contributed by atoms with Crippen LogP contribution in [0.1, 0.15) is 43.6 Å². The van der Waals surface area contributed by atoms with Gasteiger partial charge in [0.25, 0.3) is 0 Å². The van der Waals surface area contributed by atoms with Crippen LogP contribution in [0.25, 0.3) is 0 Å². The van der Waals surface area contributed by atoms with Crippen LogP contribution in [0.2, 0.25) is 0 Å². The van der Waals surface area contributed by atoms with Crippen molar-refractivity contribution < 1.29 is 9.15 Å². The fourth-order valence-electron chi connectivity index (χ4n) is 4.94. The summed E-state index contributed by atoms with van der Waals surface area (Å²) in [6.07, 6.45) is 7.61. The summed E-state index contributed by atoms with van der Waals surface area (Å²) in [5, 5.41) is 0. The number of nitrogens with two attached hydrogens (primary N) is 1. The molecule has 2 N–H and O–H groups in total. The molecule has 104 valence electrons. The predicted molar refractivity (Wildman–Crippen MR) is 72.2 cm³/mol. The number of rotatable bonds is 4. The van der Waals surface area contributed by atoms with Gasteiger partial charge in [-0.05, 0) is 67.9 Å². The van der Waals surface area contributed by atoms with E-state index in [-0.39, 0.29) is 0 Å². The molecule has 4 fully saturated rings. The third-order valence-corrected chi connectivity index (χ3v) is 5.48. The molecule has 19 heavy (non-hydrogen) atoms. The maximum Gasteiger partial charge on any atom is 0.129 e. The molecule has 0 atom stereocenters. The molecule has 5 rings (SSSR count). The highest BCUT2D eigenvalue weighted by molar-refractivity contribution is 5.06. The Morgan fingerprint density at radius 2 is 1.63 bits per heavy atom. The van der Waals surface area contributed by atoms with E-state index in [0.29, 0.717) is 19.3 Å². The molecule has 4 bridgehead atoms. The molecule has 0 aliphatic heterocycles. The lowest BCUT2D eigenvalue weighted by Crippen LogP contribution is -2.49. The van der Waals surface area contributed by atoms with Crippen molar-refractivity contribution in [2.45, 2.75) is 51.4 Å². The first-order valence-corrected chi connectivity index (χ1v) is 7.71. The summed E-state index contributed by atoms with van der Waals surface area (Å²) in [5.74, 6) is 5.43. The van der Waals surface area contributed by atoms with Crippen molar-refractivity contribution in [1.29, 1.82) is 0 Å². The lowest BCUT2D eigenvalue weighted by atomic mass is 9.55. The van der Waals surface area contributed by atoms with Crippen LogP contribution in [0.4, 0.5) is 0 Å². The molecule has 4 aliphatic rings. The summed E-state index contributed by atoms with van der Waals surface area (Å²) >= 11 is 0. The van der Waals surface area contributed by atoms with Gasteiger partial charge < -0.3 is 14.9 Å². The molecular weight excluding hydrogens is 238 g/mol. The van der Waals surface area contributed by atoms with E-state index in [4.69, 9.17) is 14.9 Å². The van der Waals surface area contributed by atoms with Gasteiger partial charge in [-0.3, -0.25) is 0 Å². The first-order valence-electron chi connectivity index (χ1n) is 7.71. The molecule has 0 aromatic carbocycles. The van der Waals surface area contributed by atoms with Crippen molar-refractivity contribution in [2.75, 3.05) is 0 Å². The van der Waals surface area contributed by atoms with Crippen molar-refractivity contribution in [3.8, 4) is 0 Å². The largest absolute Gasteiger partial charge is 0.462 e. The highest BCUT2D eigenvalue weighted by Gasteiger charge is 2.48. The van der Waals surface area contributed by atoms with E-state index in [0.717, 1.165) is 35.2 Å². The second kappa shape index (κ2) is 4.64. The van der Waals surface area contributed by atoms with Crippen LogP contribution < -0.4 is 5.73 Å². The van der Waals surface area contributed by atoms with Gasteiger partial charge in [-0.2, -0.15) is 0 Å². The summed E-state index contributed by atoms with van der Waals surface area (Å²) < 4.78 is 11.9. The normalized spacial score (nSPS) is 39.9. The third kappa shape index (κ3) is 2.13. The number of ether oxygens (including phenoxy) is 1. The highest BCUT2D eigenvalue weighted by Crippen LogP contribution is 2.54. The van der Waals surface area contributed by atoms with Crippen molar-refractivity contribution in [3.05, 3.63) is 23.7 Å². The van der Waals surface area contributed by atoms with Gasteiger partial charge in [0.2, 0.25) is 0 Å². The quantitative estimate of drug-likeness (QED) is 0.906. The molecule has 1 aromatic heterocycles. The van der Waals surface area contributed by atoms with Crippen LogP contribution in [-0.4, -0.2) is 6.10 Å². The fourth-order valence-corrected chi connectivity index (χ4v) is 4.94. The molecule has 0 amide bonds.